The molecule has 1 N–H and O–H groups in total. The summed E-state index contributed by atoms with van der Waals surface area (Å²) in [6.45, 7) is 4.20. The Morgan fingerprint density at radius 2 is 1.77 bits per heavy atom. The Balaban J connectivity index is 2.19. The van der Waals surface area contributed by atoms with Crippen molar-refractivity contribution in [1.29, 1.82) is 0 Å². The minimum absolute atomic E-state index is 0.128. The summed E-state index contributed by atoms with van der Waals surface area (Å²) in [5.41, 5.74) is -1.42. The van der Waals surface area contributed by atoms with E-state index in [-0.39, 0.29) is 12.4 Å². The molecule has 1 unspecified atom stereocenters. The number of aliphatic hydroxyl groups is 1. The largest absolute Gasteiger partial charge is 0.466 e. The number of ether oxygens (including phenoxy) is 3. The van der Waals surface area contributed by atoms with Crippen LogP contribution in [-0.4, -0.2) is 50.8 Å². The lowest BCUT2D eigenvalue weighted by Crippen LogP contribution is -2.54. The molecule has 30 heavy (non-hydrogen) atoms. The van der Waals surface area contributed by atoms with Gasteiger partial charge in [0.1, 0.15) is 31.4 Å². The number of rotatable bonds is 10. The maximum absolute atomic E-state index is 13.2. The van der Waals surface area contributed by atoms with Gasteiger partial charge in [-0.3, -0.25) is 14.4 Å². The van der Waals surface area contributed by atoms with Crippen LogP contribution < -0.4 is 4.74 Å². The zero-order valence-electron chi connectivity index (χ0n) is 16.7. The highest BCUT2D eigenvalue weighted by atomic mass is 35.5. The van der Waals surface area contributed by atoms with Crippen LogP contribution in [0, 0.1) is 5.41 Å². The summed E-state index contributed by atoms with van der Waals surface area (Å²) in [5, 5.41) is 15.4. The van der Waals surface area contributed by atoms with Crippen LogP contribution in [0.15, 0.2) is 36.9 Å². The van der Waals surface area contributed by atoms with Gasteiger partial charge in [-0.1, -0.05) is 11.6 Å². The van der Waals surface area contributed by atoms with Gasteiger partial charge >= 0.3 is 17.8 Å². The van der Waals surface area contributed by atoms with Crippen LogP contribution in [0.5, 0.6) is 5.75 Å². The Morgan fingerprint density at radius 1 is 1.13 bits per heavy atom. The van der Waals surface area contributed by atoms with Gasteiger partial charge in [-0.2, -0.15) is 9.78 Å². The van der Waals surface area contributed by atoms with Gasteiger partial charge in [0.25, 0.3) is 0 Å². The zero-order chi connectivity index (χ0) is 22.4. The summed E-state index contributed by atoms with van der Waals surface area (Å²) in [6, 6.07) is 5.96. The molecule has 0 fully saturated rings. The number of carbonyl (C=O) groups is 3. The summed E-state index contributed by atoms with van der Waals surface area (Å²) in [6.07, 6.45) is 1.64. The topological polar surface area (TPSA) is 130 Å². The lowest BCUT2D eigenvalue weighted by Gasteiger charge is -2.33. The van der Waals surface area contributed by atoms with Crippen LogP contribution in [0.4, 0.5) is 0 Å². The van der Waals surface area contributed by atoms with Crippen LogP contribution in [0.1, 0.15) is 27.2 Å². The first-order chi connectivity index (χ1) is 14.1. The number of hydrogen-bond acceptors (Lipinski definition) is 9. The number of halogens is 1. The van der Waals surface area contributed by atoms with Crippen molar-refractivity contribution in [2.75, 3.05) is 13.2 Å². The molecule has 1 heterocycles. The molecular weight excluding hydrogens is 418 g/mol. The lowest BCUT2D eigenvalue weighted by atomic mass is 9.86. The Hall–Kier alpha value is -2.98. The molecule has 0 amide bonds. The molecule has 1 aromatic heterocycles. The van der Waals surface area contributed by atoms with Gasteiger partial charge in [0.15, 0.2) is 0 Å². The van der Waals surface area contributed by atoms with Gasteiger partial charge in [0.2, 0.25) is 5.78 Å². The number of ketones is 1. The van der Waals surface area contributed by atoms with E-state index < -0.39 is 42.1 Å². The van der Waals surface area contributed by atoms with E-state index in [1.165, 1.54) is 38.1 Å². The normalized spacial score (nSPS) is 13.2. The molecule has 2 aromatic rings. The number of nitrogens with zero attached hydrogens (tertiary/aromatic N) is 3. The quantitative estimate of drug-likeness (QED) is 0.334. The molecule has 10 nitrogen and oxygen atoms in total. The van der Waals surface area contributed by atoms with Crippen molar-refractivity contribution in [3.8, 4) is 5.75 Å². The van der Waals surface area contributed by atoms with Crippen molar-refractivity contribution in [3.63, 3.8) is 0 Å². The Kier molecular flexibility index (Phi) is 7.52. The third-order valence-electron chi connectivity index (χ3n) is 3.90. The SMILES string of the molecule is CCOC(=O)CC(=O)OCC(C)(C)C(=O)C(O)(Oc1ccc(Cl)cc1)n1cncn1. The van der Waals surface area contributed by atoms with Gasteiger partial charge in [0.05, 0.1) is 12.0 Å². The maximum Gasteiger partial charge on any atom is 0.376 e. The van der Waals surface area contributed by atoms with E-state index in [1.807, 2.05) is 0 Å². The number of aromatic nitrogens is 3. The molecule has 162 valence electrons. The molecule has 2 rings (SSSR count). The maximum atomic E-state index is 13.2. The Bertz CT molecular complexity index is 884. The Labute approximate surface area is 177 Å². The first-order valence-corrected chi connectivity index (χ1v) is 9.34. The first kappa shape index (κ1) is 23.3. The van der Waals surface area contributed by atoms with Gasteiger partial charge in [-0.05, 0) is 45.0 Å². The summed E-state index contributed by atoms with van der Waals surface area (Å²) >= 11 is 5.85. The number of benzene rings is 1. The molecule has 0 aliphatic rings. The molecule has 1 aromatic carbocycles. The number of Topliss-reactive ketones (excluding diaryl/α,β-unsaturated/α-hetero) is 1. The molecular formula is C19H22ClN3O7. The molecule has 0 saturated heterocycles. The molecule has 0 aliphatic carbocycles. The van der Waals surface area contributed by atoms with E-state index >= 15 is 0 Å². The van der Waals surface area contributed by atoms with Crippen LogP contribution >= 0.6 is 11.6 Å². The first-order valence-electron chi connectivity index (χ1n) is 8.96. The fraction of sp³-hybridized carbons (Fsp3) is 0.421. The predicted octanol–water partition coefficient (Wildman–Crippen LogP) is 1.70. The highest BCUT2D eigenvalue weighted by Gasteiger charge is 2.50. The van der Waals surface area contributed by atoms with E-state index in [4.69, 9.17) is 21.1 Å². The highest BCUT2D eigenvalue weighted by Crippen LogP contribution is 2.30. The van der Waals surface area contributed by atoms with Crippen LogP contribution in [0.2, 0.25) is 5.02 Å². The van der Waals surface area contributed by atoms with Gasteiger partial charge in [0, 0.05) is 5.02 Å². The molecule has 0 radical (unpaired) electrons. The summed E-state index contributed by atoms with van der Waals surface area (Å²) in [4.78, 5) is 40.2. The number of esters is 2. The van der Waals surface area contributed by atoms with Crippen molar-refractivity contribution >= 4 is 29.3 Å². The third kappa shape index (κ3) is 5.77. The van der Waals surface area contributed by atoms with Crippen molar-refractivity contribution < 1.29 is 33.7 Å². The predicted molar refractivity (Wildman–Crippen MR) is 103 cm³/mol. The number of hydrogen-bond donors (Lipinski definition) is 1. The average Bonchev–Trinajstić information content (AvgIpc) is 3.23. The fourth-order valence-electron chi connectivity index (χ4n) is 2.38. The van der Waals surface area contributed by atoms with Crippen LogP contribution in [-0.2, 0) is 29.8 Å². The molecule has 11 heteroatoms. The van der Waals surface area contributed by atoms with E-state index in [1.54, 1.807) is 6.92 Å². The minimum Gasteiger partial charge on any atom is -0.466 e. The highest BCUT2D eigenvalue weighted by molar-refractivity contribution is 6.30. The standard InChI is InChI=1S/C19H22ClN3O7/c1-4-28-15(24)9-16(25)29-10-18(2,3)17(26)19(27,23-12-21-11-22-23)30-14-7-5-13(20)6-8-14/h5-8,11-12,27H,4,9-10H2,1-3H3. The second-order valence-corrected chi connectivity index (χ2v) is 7.30. The summed E-state index contributed by atoms with van der Waals surface area (Å²) in [7, 11) is 0. The average molecular weight is 440 g/mol. The molecule has 1 atom stereocenters. The van der Waals surface area contributed by atoms with Crippen molar-refractivity contribution in [2.24, 2.45) is 5.41 Å². The third-order valence-corrected chi connectivity index (χ3v) is 4.15. The lowest BCUT2D eigenvalue weighted by molar-refractivity contribution is -0.222. The molecule has 0 saturated carbocycles. The van der Waals surface area contributed by atoms with E-state index in [2.05, 4.69) is 14.8 Å². The van der Waals surface area contributed by atoms with Crippen molar-refractivity contribution in [3.05, 3.63) is 41.9 Å². The van der Waals surface area contributed by atoms with E-state index in [0.29, 0.717) is 5.02 Å². The summed E-state index contributed by atoms with van der Waals surface area (Å²) in [5.74, 6) is -4.91. The van der Waals surface area contributed by atoms with Gasteiger partial charge in [-0.15, -0.1) is 0 Å². The van der Waals surface area contributed by atoms with Gasteiger partial charge in [-0.25, -0.2) is 4.98 Å². The zero-order valence-corrected chi connectivity index (χ0v) is 17.5. The van der Waals surface area contributed by atoms with Crippen LogP contribution in [0.3, 0.4) is 0 Å². The fourth-order valence-corrected chi connectivity index (χ4v) is 2.50. The molecule has 0 aliphatic heterocycles. The van der Waals surface area contributed by atoms with Crippen molar-refractivity contribution in [1.82, 2.24) is 14.8 Å². The van der Waals surface area contributed by atoms with E-state index in [9.17, 15) is 19.5 Å². The van der Waals surface area contributed by atoms with Gasteiger partial charge < -0.3 is 19.3 Å². The molecule has 0 bridgehead atoms. The Morgan fingerprint density at radius 3 is 2.33 bits per heavy atom. The smallest absolute Gasteiger partial charge is 0.376 e. The van der Waals surface area contributed by atoms with E-state index in [0.717, 1.165) is 17.3 Å². The van der Waals surface area contributed by atoms with Crippen LogP contribution in [0.25, 0.3) is 0 Å². The monoisotopic (exact) mass is 439 g/mol. The second kappa shape index (κ2) is 9.68. The summed E-state index contributed by atoms with van der Waals surface area (Å²) < 4.78 is 16.1. The number of carbonyl (C=O) groups excluding carboxylic acids is 3. The minimum atomic E-state index is -2.58. The molecule has 0 spiro atoms. The second-order valence-electron chi connectivity index (χ2n) is 6.86. The van der Waals surface area contributed by atoms with Crippen molar-refractivity contribution in [2.45, 2.75) is 33.1 Å².